The molecule has 4 aromatic rings. The van der Waals surface area contributed by atoms with E-state index >= 15 is 0 Å². The number of nitrogens with one attached hydrogen (secondary N) is 1. The number of fused-ring (bicyclic) bond motifs is 2. The van der Waals surface area contributed by atoms with E-state index < -0.39 is 10.6 Å². The van der Waals surface area contributed by atoms with Crippen LogP contribution in [-0.4, -0.2) is 33.1 Å². The van der Waals surface area contributed by atoms with Crippen molar-refractivity contribution in [2.45, 2.75) is 6.92 Å². The maximum Gasteiger partial charge on any atom is 0.373 e. The fraction of sp³-hybridized carbons (Fsp3) is 0.136. The minimum Gasteiger partial charge on any atom is -0.486 e. The predicted octanol–water partition coefficient (Wildman–Crippen LogP) is 4.55. The third-order valence-electron chi connectivity index (χ3n) is 4.81. The number of hydrogen-bond acceptors (Lipinski definition) is 9. The Kier molecular flexibility index (Phi) is 4.86. The van der Waals surface area contributed by atoms with Crippen LogP contribution in [0.25, 0.3) is 10.9 Å². The van der Waals surface area contributed by atoms with Crippen molar-refractivity contribution in [2.24, 2.45) is 0 Å². The lowest BCUT2D eigenvalue weighted by Gasteiger charge is -2.19. The molecule has 0 saturated carbocycles. The second-order valence-corrected chi connectivity index (χ2v) is 7.00. The Morgan fingerprint density at radius 3 is 2.75 bits per heavy atom. The van der Waals surface area contributed by atoms with Crippen LogP contribution in [0.3, 0.4) is 0 Å². The van der Waals surface area contributed by atoms with Gasteiger partial charge in [0.15, 0.2) is 17.2 Å². The summed E-state index contributed by atoms with van der Waals surface area (Å²) in [5.41, 5.74) is 1.53. The van der Waals surface area contributed by atoms with Crippen LogP contribution in [0.2, 0.25) is 0 Å². The number of ether oxygens (including phenoxy) is 3. The third-order valence-corrected chi connectivity index (χ3v) is 4.81. The number of benzene rings is 2. The number of anilines is 2. The summed E-state index contributed by atoms with van der Waals surface area (Å²) < 4.78 is 16.9. The van der Waals surface area contributed by atoms with Gasteiger partial charge in [-0.3, -0.25) is 10.1 Å². The maximum atomic E-state index is 11.9. The zero-order chi connectivity index (χ0) is 22.1. The molecular weight excluding hydrogens is 414 g/mol. The van der Waals surface area contributed by atoms with E-state index in [1.807, 2.05) is 25.1 Å². The number of rotatable bonds is 5. The molecule has 2 aromatic carbocycles. The first-order chi connectivity index (χ1) is 15.6. The zero-order valence-corrected chi connectivity index (χ0v) is 16.9. The smallest absolute Gasteiger partial charge is 0.373 e. The third kappa shape index (κ3) is 3.69. The Balaban J connectivity index is 1.52. The van der Waals surface area contributed by atoms with E-state index in [4.69, 9.17) is 14.2 Å². The molecule has 0 unspecified atom stereocenters. The lowest BCUT2D eigenvalue weighted by Crippen LogP contribution is -2.15. The van der Waals surface area contributed by atoms with Gasteiger partial charge in [-0.15, -0.1) is 0 Å². The molecule has 0 atom stereocenters. The van der Waals surface area contributed by atoms with Crippen LogP contribution < -0.4 is 19.5 Å². The highest BCUT2D eigenvalue weighted by molar-refractivity contribution is 5.85. The first-order valence-corrected chi connectivity index (χ1v) is 9.79. The molecule has 1 aliphatic heterocycles. The van der Waals surface area contributed by atoms with Crippen molar-refractivity contribution in [3.8, 4) is 23.1 Å². The van der Waals surface area contributed by atoms with Crippen molar-refractivity contribution in [1.82, 2.24) is 15.0 Å². The summed E-state index contributed by atoms with van der Waals surface area (Å²) in [4.78, 5) is 23.9. The van der Waals surface area contributed by atoms with Gasteiger partial charge in [0.05, 0.1) is 4.92 Å². The number of aryl methyl sites for hydroxylation is 1. The number of hydrogen-bond donors (Lipinski definition) is 1. The van der Waals surface area contributed by atoms with Crippen molar-refractivity contribution >= 4 is 28.1 Å². The molecular formula is C22H17N5O5. The predicted molar refractivity (Wildman–Crippen MR) is 116 cm³/mol. The van der Waals surface area contributed by atoms with Crippen molar-refractivity contribution in [3.63, 3.8) is 0 Å². The molecule has 5 rings (SSSR count). The molecule has 0 aliphatic carbocycles. The Bertz CT molecular complexity index is 1340. The van der Waals surface area contributed by atoms with Crippen LogP contribution in [0.15, 0.2) is 54.9 Å². The molecule has 0 radical (unpaired) electrons. The fourth-order valence-corrected chi connectivity index (χ4v) is 3.36. The summed E-state index contributed by atoms with van der Waals surface area (Å²) in [5.74, 6) is 1.31. The molecule has 32 heavy (non-hydrogen) atoms. The van der Waals surface area contributed by atoms with Crippen molar-refractivity contribution in [1.29, 1.82) is 0 Å². The van der Waals surface area contributed by atoms with E-state index in [-0.39, 0.29) is 11.7 Å². The molecule has 160 valence electrons. The highest BCUT2D eigenvalue weighted by Crippen LogP contribution is 2.39. The van der Waals surface area contributed by atoms with Gasteiger partial charge in [0.2, 0.25) is 5.82 Å². The molecule has 2 aromatic heterocycles. The first kappa shape index (κ1) is 19.5. The second-order valence-electron chi connectivity index (χ2n) is 7.00. The van der Waals surface area contributed by atoms with E-state index in [1.54, 1.807) is 30.3 Å². The highest BCUT2D eigenvalue weighted by atomic mass is 16.6. The molecule has 10 nitrogen and oxygen atoms in total. The standard InChI is InChI=1S/C22H17N5O5/c1-13-5-6-14-3-2-4-17(19(14)25-13)32-22-20(27(28)29)21(23-12-24-22)26-15-7-8-16-18(11-15)31-10-9-30-16/h2-8,11-12H,9-10H2,1H3,(H,23,24,26). The Hall–Kier alpha value is -4.47. The van der Waals surface area contributed by atoms with Gasteiger partial charge in [-0.2, -0.15) is 4.98 Å². The van der Waals surface area contributed by atoms with Crippen molar-refractivity contribution in [2.75, 3.05) is 18.5 Å². The quantitative estimate of drug-likeness (QED) is 0.358. The Labute approximate surface area is 182 Å². The normalized spacial score (nSPS) is 12.4. The number of para-hydroxylation sites is 1. The van der Waals surface area contributed by atoms with E-state index in [9.17, 15) is 10.1 Å². The summed E-state index contributed by atoms with van der Waals surface area (Å²) in [6, 6.07) is 14.3. The van der Waals surface area contributed by atoms with E-state index in [0.29, 0.717) is 41.7 Å². The topological polar surface area (TPSA) is 122 Å². The molecule has 0 spiro atoms. The lowest BCUT2D eigenvalue weighted by molar-refractivity contribution is -0.385. The molecule has 0 amide bonds. The van der Waals surface area contributed by atoms with Gasteiger partial charge in [0.1, 0.15) is 25.1 Å². The van der Waals surface area contributed by atoms with E-state index in [1.165, 1.54) is 6.33 Å². The zero-order valence-electron chi connectivity index (χ0n) is 16.9. The van der Waals surface area contributed by atoms with Crippen LogP contribution in [0.4, 0.5) is 17.2 Å². The minimum atomic E-state index is -0.584. The average molecular weight is 431 g/mol. The van der Waals surface area contributed by atoms with Gasteiger partial charge >= 0.3 is 11.6 Å². The van der Waals surface area contributed by atoms with Crippen LogP contribution in [0.1, 0.15) is 5.69 Å². The minimum absolute atomic E-state index is 0.0129. The van der Waals surface area contributed by atoms with Gasteiger partial charge in [0, 0.05) is 22.8 Å². The summed E-state index contributed by atoms with van der Waals surface area (Å²) in [6.07, 6.45) is 1.20. The maximum absolute atomic E-state index is 11.9. The van der Waals surface area contributed by atoms with Gasteiger partial charge in [-0.1, -0.05) is 18.2 Å². The molecule has 0 fully saturated rings. The average Bonchev–Trinajstić information content (AvgIpc) is 2.79. The summed E-state index contributed by atoms with van der Waals surface area (Å²) >= 11 is 0. The Morgan fingerprint density at radius 2 is 1.91 bits per heavy atom. The SMILES string of the molecule is Cc1ccc2cccc(Oc3ncnc(Nc4ccc5c(c4)OCCO5)c3[N+](=O)[O-])c2n1. The van der Waals surface area contributed by atoms with Crippen LogP contribution in [-0.2, 0) is 0 Å². The second kappa shape index (κ2) is 7.99. The molecule has 1 aliphatic rings. The lowest BCUT2D eigenvalue weighted by atomic mass is 10.2. The molecule has 3 heterocycles. The van der Waals surface area contributed by atoms with Crippen LogP contribution >= 0.6 is 0 Å². The molecule has 1 N–H and O–H groups in total. The van der Waals surface area contributed by atoms with Gasteiger partial charge in [0.25, 0.3) is 0 Å². The highest BCUT2D eigenvalue weighted by Gasteiger charge is 2.26. The van der Waals surface area contributed by atoms with E-state index in [2.05, 4.69) is 20.3 Å². The van der Waals surface area contributed by atoms with Gasteiger partial charge in [-0.25, -0.2) is 9.97 Å². The van der Waals surface area contributed by atoms with Crippen molar-refractivity contribution < 1.29 is 19.1 Å². The number of nitrogens with zero attached hydrogens (tertiary/aromatic N) is 4. The number of pyridine rings is 1. The van der Waals surface area contributed by atoms with Crippen molar-refractivity contribution in [3.05, 3.63) is 70.7 Å². The van der Waals surface area contributed by atoms with Gasteiger partial charge < -0.3 is 19.5 Å². The summed E-state index contributed by atoms with van der Waals surface area (Å²) in [6.45, 7) is 2.76. The number of nitro groups is 1. The largest absolute Gasteiger partial charge is 0.486 e. The molecule has 0 bridgehead atoms. The Morgan fingerprint density at radius 1 is 1.06 bits per heavy atom. The first-order valence-electron chi connectivity index (χ1n) is 9.79. The monoisotopic (exact) mass is 431 g/mol. The van der Waals surface area contributed by atoms with E-state index in [0.717, 1.165) is 11.1 Å². The molecule has 0 saturated heterocycles. The summed E-state index contributed by atoms with van der Waals surface area (Å²) in [7, 11) is 0. The van der Waals surface area contributed by atoms with Crippen LogP contribution in [0, 0.1) is 17.0 Å². The fourth-order valence-electron chi connectivity index (χ4n) is 3.36. The number of aromatic nitrogens is 3. The van der Waals surface area contributed by atoms with Gasteiger partial charge in [-0.05, 0) is 31.2 Å². The summed E-state index contributed by atoms with van der Waals surface area (Å²) in [5, 5.41) is 15.7. The van der Waals surface area contributed by atoms with Crippen LogP contribution in [0.5, 0.6) is 23.1 Å². The molecule has 10 heteroatoms.